The number of benzene rings is 2. The lowest BCUT2D eigenvalue weighted by Gasteiger charge is -2.29. The molecule has 8 heteroatoms. The number of halogens is 2. The summed E-state index contributed by atoms with van der Waals surface area (Å²) in [4.78, 5) is 27.0. The number of hydrogen-bond donors (Lipinski definition) is 1. The number of carbonyl (C=O) groups is 2. The second-order valence-corrected chi connectivity index (χ2v) is 7.97. The number of hydrogen-bond acceptors (Lipinski definition) is 4. The van der Waals surface area contributed by atoms with E-state index in [-0.39, 0.29) is 15.7 Å². The molecule has 1 N–H and O–H groups in total. The van der Waals surface area contributed by atoms with Crippen LogP contribution in [0.5, 0.6) is 5.75 Å². The second-order valence-electron chi connectivity index (χ2n) is 6.74. The van der Waals surface area contributed by atoms with E-state index >= 15 is 0 Å². The molecule has 1 aliphatic rings. The lowest BCUT2D eigenvalue weighted by atomic mass is 10.0. The van der Waals surface area contributed by atoms with E-state index in [4.69, 9.17) is 40.2 Å². The van der Waals surface area contributed by atoms with Crippen LogP contribution >= 0.6 is 35.4 Å². The first-order chi connectivity index (χ1) is 14.3. The number of nitrogens with zero attached hydrogens (tertiary/aromatic N) is 1. The van der Waals surface area contributed by atoms with Crippen LogP contribution in [0.3, 0.4) is 0 Å². The quantitative estimate of drug-likeness (QED) is 0.365. The molecule has 1 heterocycles. The minimum atomic E-state index is -0.598. The first-order valence-electron chi connectivity index (χ1n) is 9.39. The van der Waals surface area contributed by atoms with E-state index in [0.29, 0.717) is 22.0 Å². The van der Waals surface area contributed by atoms with Crippen molar-refractivity contribution in [3.8, 4) is 5.75 Å². The van der Waals surface area contributed by atoms with Crippen LogP contribution in [0.25, 0.3) is 6.08 Å². The normalized spacial score (nSPS) is 15.5. The molecule has 2 aromatic rings. The Labute approximate surface area is 190 Å². The van der Waals surface area contributed by atoms with Crippen LogP contribution in [0.2, 0.25) is 10.0 Å². The molecule has 0 spiro atoms. The molecule has 156 valence electrons. The Morgan fingerprint density at radius 3 is 2.50 bits per heavy atom. The van der Waals surface area contributed by atoms with Gasteiger partial charge in [-0.05, 0) is 61.0 Å². The summed E-state index contributed by atoms with van der Waals surface area (Å²) in [5.41, 5.74) is 2.06. The maximum Gasteiger partial charge on any atom is 0.270 e. The lowest BCUT2D eigenvalue weighted by molar-refractivity contribution is -0.122. The number of aryl methyl sites for hydroxylation is 1. The van der Waals surface area contributed by atoms with Crippen molar-refractivity contribution >= 4 is 64.1 Å². The number of ether oxygens (including phenoxy) is 1. The highest BCUT2D eigenvalue weighted by atomic mass is 35.5. The maximum atomic E-state index is 13.2. The highest BCUT2D eigenvalue weighted by Crippen LogP contribution is 2.34. The summed E-state index contributed by atoms with van der Waals surface area (Å²) < 4.78 is 5.30. The van der Waals surface area contributed by atoms with Gasteiger partial charge in [-0.1, -0.05) is 48.7 Å². The smallest absolute Gasteiger partial charge is 0.270 e. The van der Waals surface area contributed by atoms with E-state index in [0.717, 1.165) is 19.3 Å². The molecule has 0 saturated carbocycles. The molecule has 0 aliphatic carbocycles. The Balaban J connectivity index is 1.98. The Hall–Kier alpha value is -2.41. The first-order valence-corrected chi connectivity index (χ1v) is 10.6. The number of nitrogens with one attached hydrogen (secondary N) is 1. The van der Waals surface area contributed by atoms with Crippen molar-refractivity contribution in [2.75, 3.05) is 12.0 Å². The van der Waals surface area contributed by atoms with Gasteiger partial charge in [-0.3, -0.25) is 19.8 Å². The Morgan fingerprint density at radius 2 is 1.87 bits per heavy atom. The third-order valence-corrected chi connectivity index (χ3v) is 5.44. The predicted octanol–water partition coefficient (Wildman–Crippen LogP) is 5.18. The van der Waals surface area contributed by atoms with E-state index in [1.807, 2.05) is 24.3 Å². The molecule has 0 bridgehead atoms. The van der Waals surface area contributed by atoms with E-state index in [9.17, 15) is 9.59 Å². The predicted molar refractivity (Wildman–Crippen MR) is 124 cm³/mol. The molecule has 1 fully saturated rings. The van der Waals surface area contributed by atoms with Gasteiger partial charge in [0.15, 0.2) is 5.11 Å². The minimum absolute atomic E-state index is 0.0274. The van der Waals surface area contributed by atoms with Crippen LogP contribution < -0.4 is 15.0 Å². The van der Waals surface area contributed by atoms with Gasteiger partial charge in [0, 0.05) is 10.6 Å². The molecule has 5 nitrogen and oxygen atoms in total. The second kappa shape index (κ2) is 9.60. The fourth-order valence-corrected chi connectivity index (χ4v) is 4.01. The van der Waals surface area contributed by atoms with Gasteiger partial charge in [-0.25, -0.2) is 0 Å². The van der Waals surface area contributed by atoms with Gasteiger partial charge in [0.1, 0.15) is 11.3 Å². The highest BCUT2D eigenvalue weighted by Gasteiger charge is 2.34. The van der Waals surface area contributed by atoms with Gasteiger partial charge in [0.05, 0.1) is 17.8 Å². The van der Waals surface area contributed by atoms with Gasteiger partial charge in [-0.15, -0.1) is 0 Å². The zero-order valence-electron chi connectivity index (χ0n) is 16.5. The number of anilines is 1. The van der Waals surface area contributed by atoms with Crippen LogP contribution in [0, 0.1) is 0 Å². The van der Waals surface area contributed by atoms with E-state index in [1.54, 1.807) is 6.07 Å². The van der Waals surface area contributed by atoms with E-state index in [1.165, 1.54) is 29.7 Å². The topological polar surface area (TPSA) is 58.6 Å². The zero-order valence-corrected chi connectivity index (χ0v) is 18.8. The number of methoxy groups -OCH3 is 1. The van der Waals surface area contributed by atoms with E-state index in [2.05, 4.69) is 12.2 Å². The highest BCUT2D eigenvalue weighted by molar-refractivity contribution is 7.80. The van der Waals surface area contributed by atoms with Gasteiger partial charge in [0.25, 0.3) is 11.8 Å². The molecule has 2 aromatic carbocycles. The zero-order chi connectivity index (χ0) is 21.8. The third kappa shape index (κ3) is 4.67. The summed E-state index contributed by atoms with van der Waals surface area (Å²) in [5, 5.41) is 3.22. The van der Waals surface area contributed by atoms with Crippen LogP contribution in [-0.2, 0) is 16.0 Å². The van der Waals surface area contributed by atoms with Gasteiger partial charge in [0.2, 0.25) is 0 Å². The molecular formula is C22H20Cl2N2O3S. The fraction of sp³-hybridized carbons (Fsp3) is 0.227. The number of unbranched alkanes of at least 4 members (excludes halogenated alkanes) is 1. The lowest BCUT2D eigenvalue weighted by Crippen LogP contribution is -2.54. The van der Waals surface area contributed by atoms with Crippen LogP contribution in [0.4, 0.5) is 5.69 Å². The molecular weight excluding hydrogens is 443 g/mol. The Kier molecular flexibility index (Phi) is 7.13. The van der Waals surface area contributed by atoms with Gasteiger partial charge in [-0.2, -0.15) is 0 Å². The number of rotatable bonds is 6. The van der Waals surface area contributed by atoms with Crippen LogP contribution in [0.15, 0.2) is 42.0 Å². The molecule has 0 atom stereocenters. The molecule has 3 rings (SSSR count). The molecule has 30 heavy (non-hydrogen) atoms. The summed E-state index contributed by atoms with van der Waals surface area (Å²) in [7, 11) is 1.45. The summed E-state index contributed by atoms with van der Waals surface area (Å²) in [6.45, 7) is 2.14. The largest absolute Gasteiger partial charge is 0.495 e. The Bertz CT molecular complexity index is 1040. The van der Waals surface area contributed by atoms with Crippen LogP contribution in [0.1, 0.15) is 30.9 Å². The van der Waals surface area contributed by atoms with Gasteiger partial charge < -0.3 is 4.74 Å². The van der Waals surface area contributed by atoms with Crippen molar-refractivity contribution in [2.45, 2.75) is 26.2 Å². The standard InChI is InChI=1S/C22H20Cl2N2O3S/c1-3-4-5-13-6-8-16(9-7-13)26-21(28)17(20(27)25-22(26)30)11-14-10-15(23)12-18(24)19(14)29-2/h6-12H,3-5H2,1-2H3,(H,25,27,30). The first kappa shape index (κ1) is 22.3. The molecule has 0 radical (unpaired) electrons. The Morgan fingerprint density at radius 1 is 1.17 bits per heavy atom. The number of amides is 2. The van der Waals surface area contributed by atoms with Crippen molar-refractivity contribution in [3.63, 3.8) is 0 Å². The summed E-state index contributed by atoms with van der Waals surface area (Å²) in [6.07, 6.45) is 4.56. The van der Waals surface area contributed by atoms with Crippen molar-refractivity contribution in [3.05, 3.63) is 63.1 Å². The van der Waals surface area contributed by atoms with Crippen molar-refractivity contribution in [1.82, 2.24) is 5.32 Å². The molecule has 2 amide bonds. The summed E-state index contributed by atoms with van der Waals surface area (Å²) >= 11 is 17.5. The SMILES string of the molecule is CCCCc1ccc(N2C(=O)C(=Cc3cc(Cl)cc(Cl)c3OC)C(=O)NC2=S)cc1. The number of carbonyl (C=O) groups excluding carboxylic acids is 2. The summed E-state index contributed by atoms with van der Waals surface area (Å²) in [6, 6.07) is 10.6. The van der Waals surface area contributed by atoms with Gasteiger partial charge >= 0.3 is 0 Å². The molecule has 0 aromatic heterocycles. The van der Waals surface area contributed by atoms with Crippen molar-refractivity contribution in [1.29, 1.82) is 0 Å². The average Bonchev–Trinajstić information content (AvgIpc) is 2.70. The number of thiocarbonyl (C=S) groups is 1. The summed E-state index contributed by atoms with van der Waals surface area (Å²) in [5.74, 6) is -0.823. The monoisotopic (exact) mass is 462 g/mol. The minimum Gasteiger partial charge on any atom is -0.495 e. The fourth-order valence-electron chi connectivity index (χ4n) is 3.14. The van der Waals surface area contributed by atoms with Crippen molar-refractivity contribution < 1.29 is 14.3 Å². The molecule has 1 aliphatic heterocycles. The molecule has 1 saturated heterocycles. The average molecular weight is 463 g/mol. The molecule has 0 unspecified atom stereocenters. The maximum absolute atomic E-state index is 13.2. The van der Waals surface area contributed by atoms with E-state index < -0.39 is 11.8 Å². The van der Waals surface area contributed by atoms with Crippen LogP contribution in [-0.4, -0.2) is 24.0 Å². The van der Waals surface area contributed by atoms with Crippen molar-refractivity contribution in [2.24, 2.45) is 0 Å². The third-order valence-electron chi connectivity index (χ3n) is 4.66.